The van der Waals surface area contributed by atoms with Gasteiger partial charge in [0.1, 0.15) is 22.1 Å². The molecule has 3 heterocycles. The second-order valence-corrected chi connectivity index (χ2v) is 9.78. The van der Waals surface area contributed by atoms with E-state index in [0.717, 1.165) is 26.9 Å². The summed E-state index contributed by atoms with van der Waals surface area (Å²) in [5.74, 6) is 1.59. The van der Waals surface area contributed by atoms with E-state index < -0.39 is 10.3 Å². The molecule has 3 aromatic heterocycles. The molecule has 0 aliphatic heterocycles. The summed E-state index contributed by atoms with van der Waals surface area (Å²) in [5, 5.41) is 6.38. The molecule has 0 atom stereocenters. The van der Waals surface area contributed by atoms with Gasteiger partial charge in [-0.1, -0.05) is 42.5 Å². The molecule has 0 saturated carbocycles. The summed E-state index contributed by atoms with van der Waals surface area (Å²) in [6.07, 6.45) is 1.70. The standard InChI is InChI=1S/C25H21N5O4S2/c1-34-21-13-18(30-36(31,32)33)11-10-17(21)14-27-24-22-19(16-7-3-2-4-8-16)15-35-25(22)29-23(28-24)20-9-5-6-12-26-20/h2-13,15,30H,14H2,1H3,(H,27,28,29)(H,31,32,33). The summed E-state index contributed by atoms with van der Waals surface area (Å²) in [4.78, 5) is 14.8. The van der Waals surface area contributed by atoms with E-state index in [4.69, 9.17) is 19.3 Å². The zero-order valence-electron chi connectivity index (χ0n) is 19.0. The number of nitrogens with zero attached hydrogens (tertiary/aromatic N) is 3. The summed E-state index contributed by atoms with van der Waals surface area (Å²) in [6.45, 7) is 0.340. The predicted molar refractivity (Wildman–Crippen MR) is 142 cm³/mol. The van der Waals surface area contributed by atoms with Crippen LogP contribution in [0.15, 0.2) is 78.3 Å². The number of nitrogens with one attached hydrogen (secondary N) is 2. The molecule has 0 bridgehead atoms. The maximum Gasteiger partial charge on any atom is 0.357 e. The molecule has 0 aliphatic rings. The minimum absolute atomic E-state index is 0.184. The van der Waals surface area contributed by atoms with E-state index in [-0.39, 0.29) is 5.69 Å². The van der Waals surface area contributed by atoms with E-state index in [1.54, 1.807) is 18.3 Å². The van der Waals surface area contributed by atoms with Crippen LogP contribution in [-0.4, -0.2) is 35.0 Å². The third-order valence-corrected chi connectivity index (χ3v) is 6.76. The van der Waals surface area contributed by atoms with Crippen molar-refractivity contribution in [2.24, 2.45) is 0 Å². The van der Waals surface area contributed by atoms with Gasteiger partial charge in [0.2, 0.25) is 0 Å². The largest absolute Gasteiger partial charge is 0.496 e. The van der Waals surface area contributed by atoms with Crippen molar-refractivity contribution in [1.29, 1.82) is 0 Å². The Kier molecular flexibility index (Phi) is 6.51. The van der Waals surface area contributed by atoms with Crippen LogP contribution in [0.25, 0.3) is 32.9 Å². The zero-order chi connectivity index (χ0) is 25.1. The summed E-state index contributed by atoms with van der Waals surface area (Å²) < 4.78 is 38.9. The molecule has 182 valence electrons. The normalized spacial score (nSPS) is 11.4. The highest BCUT2D eigenvalue weighted by atomic mass is 32.2. The molecular weight excluding hydrogens is 498 g/mol. The molecular formula is C25H21N5O4S2. The number of anilines is 2. The van der Waals surface area contributed by atoms with Crippen LogP contribution in [0, 0.1) is 0 Å². The molecule has 5 aromatic rings. The fraction of sp³-hybridized carbons (Fsp3) is 0.0800. The number of rotatable bonds is 8. The Labute approximate surface area is 211 Å². The van der Waals surface area contributed by atoms with Crippen LogP contribution in [0.1, 0.15) is 5.56 Å². The van der Waals surface area contributed by atoms with Crippen molar-refractivity contribution >= 4 is 43.4 Å². The summed E-state index contributed by atoms with van der Waals surface area (Å²) in [7, 11) is -2.90. The van der Waals surface area contributed by atoms with Gasteiger partial charge in [-0.2, -0.15) is 8.42 Å². The number of ether oxygens (including phenoxy) is 1. The number of fused-ring (bicyclic) bond motifs is 1. The van der Waals surface area contributed by atoms with Gasteiger partial charge in [0.25, 0.3) is 0 Å². The first-order valence-corrected chi connectivity index (χ1v) is 13.2. The van der Waals surface area contributed by atoms with E-state index >= 15 is 0 Å². The van der Waals surface area contributed by atoms with Gasteiger partial charge in [0, 0.05) is 35.3 Å². The number of hydrogen-bond acceptors (Lipinski definition) is 8. The molecule has 0 unspecified atom stereocenters. The van der Waals surface area contributed by atoms with E-state index in [0.29, 0.717) is 29.6 Å². The summed E-state index contributed by atoms with van der Waals surface area (Å²) >= 11 is 1.54. The van der Waals surface area contributed by atoms with Crippen LogP contribution in [0.2, 0.25) is 0 Å². The van der Waals surface area contributed by atoms with Gasteiger partial charge in [-0.05, 0) is 23.8 Å². The molecule has 0 radical (unpaired) electrons. The molecule has 11 heteroatoms. The molecule has 0 saturated heterocycles. The number of hydrogen-bond donors (Lipinski definition) is 3. The fourth-order valence-corrected chi connectivity index (χ4v) is 5.16. The van der Waals surface area contributed by atoms with Crippen LogP contribution < -0.4 is 14.8 Å². The maximum atomic E-state index is 11.2. The van der Waals surface area contributed by atoms with Crippen molar-refractivity contribution in [3.05, 3.63) is 83.9 Å². The molecule has 2 aromatic carbocycles. The Morgan fingerprint density at radius 2 is 1.83 bits per heavy atom. The molecule has 0 spiro atoms. The minimum Gasteiger partial charge on any atom is -0.496 e. The lowest BCUT2D eigenvalue weighted by Crippen LogP contribution is -2.11. The summed E-state index contributed by atoms with van der Waals surface area (Å²) in [6, 6.07) is 20.4. The summed E-state index contributed by atoms with van der Waals surface area (Å²) in [5.41, 5.74) is 3.69. The predicted octanol–water partition coefficient (Wildman–Crippen LogP) is 5.26. The third-order valence-electron chi connectivity index (χ3n) is 5.39. The molecule has 36 heavy (non-hydrogen) atoms. The van der Waals surface area contributed by atoms with Crippen LogP contribution in [0.5, 0.6) is 5.75 Å². The quantitative estimate of drug-likeness (QED) is 0.237. The van der Waals surface area contributed by atoms with Gasteiger partial charge in [0.15, 0.2) is 5.82 Å². The van der Waals surface area contributed by atoms with E-state index in [9.17, 15) is 8.42 Å². The van der Waals surface area contributed by atoms with Crippen LogP contribution in [0.4, 0.5) is 11.5 Å². The minimum atomic E-state index is -4.39. The maximum absolute atomic E-state index is 11.2. The van der Waals surface area contributed by atoms with Crippen molar-refractivity contribution in [3.8, 4) is 28.4 Å². The van der Waals surface area contributed by atoms with Crippen molar-refractivity contribution in [3.63, 3.8) is 0 Å². The first-order valence-electron chi connectivity index (χ1n) is 10.8. The molecule has 9 nitrogen and oxygen atoms in total. The van der Waals surface area contributed by atoms with E-state index in [1.165, 1.54) is 24.5 Å². The van der Waals surface area contributed by atoms with Gasteiger partial charge < -0.3 is 10.1 Å². The Morgan fingerprint density at radius 3 is 2.56 bits per heavy atom. The van der Waals surface area contributed by atoms with Gasteiger partial charge in [-0.3, -0.25) is 14.3 Å². The SMILES string of the molecule is COc1cc(NS(=O)(=O)O)ccc1CNc1nc(-c2ccccn2)nc2scc(-c3ccccc3)c12. The second kappa shape index (κ2) is 9.90. The number of thiophene rings is 1. The van der Waals surface area contributed by atoms with E-state index in [2.05, 4.69) is 15.7 Å². The van der Waals surface area contributed by atoms with E-state index in [1.807, 2.05) is 53.3 Å². The van der Waals surface area contributed by atoms with Gasteiger partial charge >= 0.3 is 10.3 Å². The second-order valence-electron chi connectivity index (χ2n) is 7.76. The average molecular weight is 520 g/mol. The van der Waals surface area contributed by atoms with Crippen LogP contribution in [-0.2, 0) is 16.8 Å². The topological polar surface area (TPSA) is 126 Å². The average Bonchev–Trinajstić information content (AvgIpc) is 3.32. The van der Waals surface area contributed by atoms with Gasteiger partial charge in [-0.15, -0.1) is 11.3 Å². The highest BCUT2D eigenvalue weighted by molar-refractivity contribution is 7.87. The molecule has 3 N–H and O–H groups in total. The Morgan fingerprint density at radius 1 is 1.03 bits per heavy atom. The highest BCUT2D eigenvalue weighted by Gasteiger charge is 2.17. The Bertz CT molecular complexity index is 1630. The van der Waals surface area contributed by atoms with Gasteiger partial charge in [-0.25, -0.2) is 9.97 Å². The molecule has 5 rings (SSSR count). The fourth-order valence-electron chi connectivity index (χ4n) is 3.79. The lowest BCUT2D eigenvalue weighted by Gasteiger charge is -2.14. The van der Waals surface area contributed by atoms with Crippen molar-refractivity contribution in [1.82, 2.24) is 15.0 Å². The highest BCUT2D eigenvalue weighted by Crippen LogP contribution is 2.38. The molecule has 0 aliphatic carbocycles. The Hall–Kier alpha value is -4.06. The lowest BCUT2D eigenvalue weighted by molar-refractivity contribution is 0.410. The van der Waals surface area contributed by atoms with Crippen molar-refractivity contribution < 1.29 is 17.7 Å². The van der Waals surface area contributed by atoms with Crippen LogP contribution in [0.3, 0.4) is 0 Å². The smallest absolute Gasteiger partial charge is 0.357 e. The monoisotopic (exact) mass is 519 g/mol. The number of methoxy groups -OCH3 is 1. The van der Waals surface area contributed by atoms with Gasteiger partial charge in [0.05, 0.1) is 18.2 Å². The number of benzene rings is 2. The van der Waals surface area contributed by atoms with Crippen LogP contribution >= 0.6 is 11.3 Å². The van der Waals surface area contributed by atoms with Crippen molar-refractivity contribution in [2.45, 2.75) is 6.54 Å². The lowest BCUT2D eigenvalue weighted by atomic mass is 10.1. The zero-order valence-corrected chi connectivity index (χ0v) is 20.7. The van der Waals surface area contributed by atoms with Crippen molar-refractivity contribution in [2.75, 3.05) is 17.1 Å². The molecule has 0 fully saturated rings. The Balaban J connectivity index is 1.55. The third kappa shape index (κ3) is 5.13. The number of aromatic nitrogens is 3. The first kappa shape index (κ1) is 23.7. The molecule has 0 amide bonds. The first-order chi connectivity index (χ1) is 17.4. The number of pyridine rings is 1.